The number of hydrogen-bond donors (Lipinski definition) is 3. The normalized spacial score (nSPS) is 25.5. The first kappa shape index (κ1) is 30.5. The zero-order valence-electron chi connectivity index (χ0n) is 22.2. The number of aliphatic hydroxyl groups excluding tert-OH is 1. The van der Waals surface area contributed by atoms with E-state index in [1.54, 1.807) is 38.1 Å². The lowest BCUT2D eigenvalue weighted by atomic mass is 9.98. The number of nitrogens with zero attached hydrogens (tertiary/aromatic N) is 1. The van der Waals surface area contributed by atoms with Crippen molar-refractivity contribution in [2.24, 2.45) is 0 Å². The van der Waals surface area contributed by atoms with E-state index in [1.165, 1.54) is 6.92 Å². The molecule has 1 aliphatic rings. The average molecular weight is 570 g/mol. The number of aliphatic hydroxyl groups is 1. The van der Waals surface area contributed by atoms with Crippen LogP contribution in [0.2, 0.25) is 0 Å². The second-order valence-electron chi connectivity index (χ2n) is 9.43. The van der Waals surface area contributed by atoms with Gasteiger partial charge in [-0.15, -0.1) is 0 Å². The third kappa shape index (κ3) is 7.52. The third-order valence-electron chi connectivity index (χ3n) is 5.75. The van der Waals surface area contributed by atoms with E-state index in [0.29, 0.717) is 0 Å². The molecule has 1 aromatic heterocycles. The number of allylic oxidation sites excluding steroid dienone is 1. The van der Waals surface area contributed by atoms with Crippen molar-refractivity contribution in [3.05, 3.63) is 69.0 Å². The van der Waals surface area contributed by atoms with Gasteiger partial charge in [-0.2, -0.15) is 5.09 Å². The highest BCUT2D eigenvalue weighted by molar-refractivity contribution is 7.52. The lowest BCUT2D eigenvalue weighted by molar-refractivity contribution is -0.149. The molecule has 6 atom stereocenters. The molecule has 3 N–H and O–H groups in total. The average Bonchev–Trinajstić information content (AvgIpc) is 3.07. The van der Waals surface area contributed by atoms with Gasteiger partial charge in [-0.1, -0.05) is 24.3 Å². The fourth-order valence-electron chi connectivity index (χ4n) is 3.82. The Bertz CT molecular complexity index is 1340. The van der Waals surface area contributed by atoms with E-state index < -0.39 is 67.8 Å². The molecule has 1 aromatic carbocycles. The molecule has 14 heteroatoms. The number of carbonyl (C=O) groups is 1. The van der Waals surface area contributed by atoms with Crippen molar-refractivity contribution in [3.8, 4) is 5.75 Å². The molecule has 1 aliphatic heterocycles. The highest BCUT2D eigenvalue weighted by Gasteiger charge is 2.56. The van der Waals surface area contributed by atoms with Crippen LogP contribution in [0.25, 0.3) is 6.08 Å². The number of rotatable bonds is 11. The molecular formula is C25H33FN3O9P. The molecule has 0 bridgehead atoms. The Hall–Kier alpha value is -3.09. The minimum atomic E-state index is -4.35. The van der Waals surface area contributed by atoms with Crippen molar-refractivity contribution in [2.75, 3.05) is 6.61 Å². The minimum absolute atomic E-state index is 0.143. The standard InChI is InChI=1S/C25H33FN3O9P/c1-6-7-17-8-10-18(11-9-17)38-39(34,28-16(4)22(32)36-15(2)3)35-14-19-21(31)25(5,26)23(37-19)29-13-12-20(30)27-24(29)33/h6-13,15-16,19,21,23,31H,14H2,1-5H3,(H,28,34)(H,27,30,33)/t16-,19+,21+,23+,25+,39?/m0/s1. The molecule has 0 radical (unpaired) electrons. The first-order valence-electron chi connectivity index (χ1n) is 12.2. The summed E-state index contributed by atoms with van der Waals surface area (Å²) in [6.45, 7) is 6.93. The summed E-state index contributed by atoms with van der Waals surface area (Å²) in [5.41, 5.74) is -3.27. The van der Waals surface area contributed by atoms with Gasteiger partial charge in [-0.3, -0.25) is 23.7 Å². The number of benzene rings is 1. The van der Waals surface area contributed by atoms with Crippen LogP contribution in [0.15, 0.2) is 52.2 Å². The van der Waals surface area contributed by atoms with Crippen molar-refractivity contribution in [1.82, 2.24) is 14.6 Å². The summed E-state index contributed by atoms with van der Waals surface area (Å²) in [6, 6.07) is 6.38. The maximum Gasteiger partial charge on any atom is 0.459 e. The van der Waals surface area contributed by atoms with Gasteiger partial charge >= 0.3 is 19.4 Å². The SMILES string of the molecule is CC=Cc1ccc(OP(=O)(N[C@@H](C)C(=O)OC(C)C)OC[C@H]2O[C@@H](n3ccc(=O)[nH]c3=O)[C@](C)(F)[C@@H]2O)cc1. The summed E-state index contributed by atoms with van der Waals surface area (Å²) < 4.78 is 51.9. The van der Waals surface area contributed by atoms with Gasteiger partial charge in [0.05, 0.1) is 12.7 Å². The first-order valence-corrected chi connectivity index (χ1v) is 13.8. The van der Waals surface area contributed by atoms with Crippen LogP contribution >= 0.6 is 7.75 Å². The van der Waals surface area contributed by atoms with Crippen LogP contribution in [0, 0.1) is 0 Å². The van der Waals surface area contributed by atoms with E-state index in [-0.39, 0.29) is 5.75 Å². The van der Waals surface area contributed by atoms with E-state index in [0.717, 1.165) is 29.3 Å². The summed E-state index contributed by atoms with van der Waals surface area (Å²) in [5.74, 6) is -0.573. The number of carbonyl (C=O) groups excluding carboxylic acids is 1. The molecule has 3 rings (SSSR count). The number of aromatic nitrogens is 2. The van der Waals surface area contributed by atoms with Crippen LogP contribution in [0.1, 0.15) is 46.4 Å². The Kier molecular flexibility index (Phi) is 9.68. The van der Waals surface area contributed by atoms with Gasteiger partial charge in [0.25, 0.3) is 5.56 Å². The maximum absolute atomic E-state index is 15.5. The van der Waals surface area contributed by atoms with Crippen molar-refractivity contribution < 1.29 is 37.4 Å². The van der Waals surface area contributed by atoms with Crippen LogP contribution in [-0.4, -0.2) is 57.3 Å². The molecule has 214 valence electrons. The van der Waals surface area contributed by atoms with Crippen molar-refractivity contribution >= 4 is 19.8 Å². The lowest BCUT2D eigenvalue weighted by Crippen LogP contribution is -2.43. The largest absolute Gasteiger partial charge is 0.462 e. The molecule has 1 fully saturated rings. The Morgan fingerprint density at radius 3 is 2.54 bits per heavy atom. The molecule has 0 amide bonds. The van der Waals surface area contributed by atoms with E-state index in [2.05, 4.69) is 5.09 Å². The van der Waals surface area contributed by atoms with E-state index >= 15 is 4.39 Å². The molecule has 1 unspecified atom stereocenters. The van der Waals surface area contributed by atoms with E-state index in [1.807, 2.05) is 24.1 Å². The quantitative estimate of drug-likeness (QED) is 0.271. The Labute approximate surface area is 224 Å². The minimum Gasteiger partial charge on any atom is -0.462 e. The van der Waals surface area contributed by atoms with Crippen molar-refractivity contribution in [3.63, 3.8) is 0 Å². The first-order chi connectivity index (χ1) is 18.3. The molecule has 0 aliphatic carbocycles. The Morgan fingerprint density at radius 1 is 1.28 bits per heavy atom. The van der Waals surface area contributed by atoms with Crippen LogP contribution < -0.4 is 20.9 Å². The molecule has 2 heterocycles. The number of esters is 1. The fourth-order valence-corrected chi connectivity index (χ4v) is 5.32. The lowest BCUT2D eigenvalue weighted by Gasteiger charge is -2.25. The highest BCUT2D eigenvalue weighted by atomic mass is 31.2. The number of H-pyrrole nitrogens is 1. The predicted octanol–water partition coefficient (Wildman–Crippen LogP) is 2.69. The van der Waals surface area contributed by atoms with Gasteiger partial charge in [0.15, 0.2) is 11.9 Å². The van der Waals surface area contributed by atoms with Crippen LogP contribution in [0.3, 0.4) is 0 Å². The van der Waals surface area contributed by atoms with Gasteiger partial charge in [0, 0.05) is 12.3 Å². The fraction of sp³-hybridized carbons (Fsp3) is 0.480. The van der Waals surface area contributed by atoms with Crippen LogP contribution in [0.5, 0.6) is 5.75 Å². The van der Waals surface area contributed by atoms with E-state index in [4.69, 9.17) is 18.5 Å². The molecule has 39 heavy (non-hydrogen) atoms. The number of halogens is 1. The zero-order valence-corrected chi connectivity index (χ0v) is 23.1. The van der Waals surface area contributed by atoms with Gasteiger partial charge in [0.2, 0.25) is 0 Å². The summed E-state index contributed by atoms with van der Waals surface area (Å²) in [5, 5.41) is 13.1. The summed E-state index contributed by atoms with van der Waals surface area (Å²) >= 11 is 0. The predicted molar refractivity (Wildman–Crippen MR) is 140 cm³/mol. The highest BCUT2D eigenvalue weighted by Crippen LogP contribution is 2.47. The number of nitrogens with one attached hydrogen (secondary N) is 2. The van der Waals surface area contributed by atoms with Gasteiger partial charge in [-0.25, -0.2) is 13.8 Å². The van der Waals surface area contributed by atoms with Crippen molar-refractivity contribution in [1.29, 1.82) is 0 Å². The number of alkyl halides is 1. The molecule has 1 saturated heterocycles. The molecule has 2 aromatic rings. The summed E-state index contributed by atoms with van der Waals surface area (Å²) in [4.78, 5) is 37.9. The number of ether oxygens (including phenoxy) is 2. The second kappa shape index (κ2) is 12.4. The maximum atomic E-state index is 15.5. The smallest absolute Gasteiger partial charge is 0.459 e. The molecule has 0 saturated carbocycles. The number of aromatic amines is 1. The van der Waals surface area contributed by atoms with Gasteiger partial charge in [0.1, 0.15) is 24.0 Å². The second-order valence-corrected chi connectivity index (χ2v) is 11.1. The van der Waals surface area contributed by atoms with Gasteiger partial charge < -0.3 is 19.1 Å². The Balaban J connectivity index is 1.82. The molecular weight excluding hydrogens is 536 g/mol. The topological polar surface area (TPSA) is 158 Å². The zero-order chi connectivity index (χ0) is 29.0. The number of hydrogen-bond acceptors (Lipinski definition) is 9. The summed E-state index contributed by atoms with van der Waals surface area (Å²) in [7, 11) is -4.35. The third-order valence-corrected chi connectivity index (χ3v) is 7.40. The van der Waals surface area contributed by atoms with Crippen LogP contribution in [0.4, 0.5) is 4.39 Å². The molecule has 12 nitrogen and oxygen atoms in total. The van der Waals surface area contributed by atoms with E-state index in [9.17, 15) is 24.1 Å². The monoisotopic (exact) mass is 569 g/mol. The van der Waals surface area contributed by atoms with Crippen molar-refractivity contribution in [2.45, 2.75) is 70.9 Å². The summed E-state index contributed by atoms with van der Waals surface area (Å²) in [6.07, 6.45) is -0.561. The molecule has 0 spiro atoms. The van der Waals surface area contributed by atoms with Crippen LogP contribution in [-0.2, 0) is 23.4 Å². The van der Waals surface area contributed by atoms with Gasteiger partial charge in [-0.05, 0) is 52.3 Å². The Morgan fingerprint density at radius 2 is 1.95 bits per heavy atom.